The van der Waals surface area contributed by atoms with Gasteiger partial charge in [-0.1, -0.05) is 89.9 Å². The maximum Gasteiger partial charge on any atom is 0.248 e. The van der Waals surface area contributed by atoms with Crippen LogP contribution in [0.2, 0.25) is 10.0 Å². The van der Waals surface area contributed by atoms with Gasteiger partial charge in [-0.2, -0.15) is 0 Å². The number of benzene rings is 3. The Morgan fingerprint density at radius 2 is 1.45 bits per heavy atom. The van der Waals surface area contributed by atoms with E-state index < -0.39 is 11.0 Å². The first-order valence-corrected chi connectivity index (χ1v) is 16.4. The number of ether oxygens (including phenoxy) is 1. The Kier molecular flexibility index (Phi) is 9.71. The molecule has 3 heterocycles. The molecule has 0 aromatic heterocycles. The number of rotatable bonds is 9. The van der Waals surface area contributed by atoms with Crippen LogP contribution in [0.1, 0.15) is 47.2 Å². The molecule has 3 aliphatic heterocycles. The summed E-state index contributed by atoms with van der Waals surface area (Å²) in [5.74, 6) is -0.385. The highest BCUT2D eigenvalue weighted by atomic mass is 35.5. The van der Waals surface area contributed by atoms with Crippen LogP contribution < -0.4 is 5.43 Å². The molecule has 7 nitrogen and oxygen atoms in total. The number of hydrogen-bond donors (Lipinski definition) is 1. The van der Waals surface area contributed by atoms with Crippen molar-refractivity contribution in [2.45, 2.75) is 31.2 Å². The normalized spacial score (nSPS) is 25.1. The van der Waals surface area contributed by atoms with Crippen LogP contribution in [-0.2, 0) is 15.1 Å². The number of Topliss-reactive ketones (excluding diaryl/α,β-unsaturated/α-hetero) is 1. The lowest BCUT2D eigenvalue weighted by Gasteiger charge is -2.54. The monoisotopic (exact) mass is 634 g/mol. The van der Waals surface area contributed by atoms with Gasteiger partial charge >= 0.3 is 0 Å². The van der Waals surface area contributed by atoms with E-state index in [0.717, 1.165) is 76.5 Å². The third kappa shape index (κ3) is 6.19. The Morgan fingerprint density at radius 3 is 2.14 bits per heavy atom. The number of ketones is 1. The molecule has 2 atom stereocenters. The fraction of sp³-hybridized carbons (Fsp3) is 0.429. The van der Waals surface area contributed by atoms with Crippen LogP contribution >= 0.6 is 23.2 Å². The highest BCUT2D eigenvalue weighted by Crippen LogP contribution is 2.52. The summed E-state index contributed by atoms with van der Waals surface area (Å²) >= 11 is 13.2. The maximum atomic E-state index is 14.8. The number of halogens is 2. The number of carbonyl (C=O) groups is 2. The average Bonchev–Trinajstić information content (AvgIpc) is 3.59. The van der Waals surface area contributed by atoms with Crippen LogP contribution in [0.3, 0.4) is 0 Å². The van der Waals surface area contributed by atoms with Crippen molar-refractivity contribution in [1.82, 2.24) is 20.2 Å². The number of nitrogens with zero attached hydrogens (tertiary/aromatic N) is 3. The van der Waals surface area contributed by atoms with Gasteiger partial charge in [0.2, 0.25) is 5.91 Å². The zero-order valence-electron chi connectivity index (χ0n) is 25.0. The van der Waals surface area contributed by atoms with Crippen LogP contribution in [0.15, 0.2) is 78.9 Å². The van der Waals surface area contributed by atoms with Crippen LogP contribution in [0, 0.1) is 5.41 Å². The summed E-state index contributed by atoms with van der Waals surface area (Å²) in [7, 11) is 0. The molecule has 1 amide bonds. The van der Waals surface area contributed by atoms with E-state index in [4.69, 9.17) is 27.9 Å². The molecule has 3 aromatic rings. The minimum Gasteiger partial charge on any atom is -0.379 e. The molecule has 6 rings (SSSR count). The largest absolute Gasteiger partial charge is 0.379 e. The van der Waals surface area contributed by atoms with Crippen molar-refractivity contribution in [3.8, 4) is 0 Å². The highest BCUT2D eigenvalue weighted by Gasteiger charge is 2.58. The van der Waals surface area contributed by atoms with Gasteiger partial charge < -0.3 is 4.74 Å². The molecule has 44 heavy (non-hydrogen) atoms. The van der Waals surface area contributed by atoms with E-state index in [-0.39, 0.29) is 18.1 Å². The van der Waals surface area contributed by atoms with E-state index in [1.54, 1.807) is 0 Å². The lowest BCUT2D eigenvalue weighted by Crippen LogP contribution is -2.63. The van der Waals surface area contributed by atoms with Gasteiger partial charge in [0.1, 0.15) is 5.41 Å². The molecule has 9 heteroatoms. The number of nitrogens with one attached hydrogen (secondary N) is 1. The topological polar surface area (TPSA) is 65.1 Å². The zero-order chi connectivity index (χ0) is 30.6. The predicted molar refractivity (Wildman–Crippen MR) is 174 cm³/mol. The molecular weight excluding hydrogens is 595 g/mol. The number of hydrazine groups is 1. The summed E-state index contributed by atoms with van der Waals surface area (Å²) < 4.78 is 5.60. The average molecular weight is 636 g/mol. The van der Waals surface area contributed by atoms with E-state index in [9.17, 15) is 9.59 Å². The van der Waals surface area contributed by atoms with E-state index in [2.05, 4.69) is 27.4 Å². The SMILES string of the molecule is O=C(NN1CCCC1)C1(C(=O)c2ccccc2)CCN(CCN2CCOCC2)C(c2ccccc2)(c2ccc(Cl)c(Cl)c2)C1. The molecule has 0 radical (unpaired) electrons. The first kappa shape index (κ1) is 31.2. The first-order chi connectivity index (χ1) is 21.4. The molecule has 0 aliphatic carbocycles. The van der Waals surface area contributed by atoms with Crippen molar-refractivity contribution in [2.75, 3.05) is 59.0 Å². The van der Waals surface area contributed by atoms with Gasteiger partial charge in [-0.3, -0.25) is 24.8 Å². The quantitative estimate of drug-likeness (QED) is 0.242. The number of piperidine rings is 1. The van der Waals surface area contributed by atoms with Crippen molar-refractivity contribution in [2.24, 2.45) is 5.41 Å². The Labute approximate surface area is 270 Å². The second-order valence-corrected chi connectivity index (χ2v) is 12.9. The number of carbonyl (C=O) groups excluding carboxylic acids is 2. The second kappa shape index (κ2) is 13.7. The lowest BCUT2D eigenvalue weighted by atomic mass is 9.61. The van der Waals surface area contributed by atoms with Crippen molar-refractivity contribution in [3.63, 3.8) is 0 Å². The molecule has 1 N–H and O–H groups in total. The first-order valence-electron chi connectivity index (χ1n) is 15.6. The number of amides is 1. The Morgan fingerprint density at radius 1 is 0.773 bits per heavy atom. The summed E-state index contributed by atoms with van der Waals surface area (Å²) in [5.41, 5.74) is 3.51. The Hall–Kier alpha value is -2.78. The number of likely N-dealkylation sites (tertiary alicyclic amines) is 1. The fourth-order valence-corrected chi connectivity index (χ4v) is 7.48. The van der Waals surface area contributed by atoms with Gasteiger partial charge in [-0.25, -0.2) is 5.01 Å². The van der Waals surface area contributed by atoms with Gasteiger partial charge in [-0.05, 0) is 48.9 Å². The molecule has 232 valence electrons. The Bertz CT molecular complexity index is 1450. The smallest absolute Gasteiger partial charge is 0.248 e. The van der Waals surface area contributed by atoms with Gasteiger partial charge in [0, 0.05) is 51.4 Å². The van der Waals surface area contributed by atoms with E-state index in [1.165, 1.54) is 0 Å². The summed E-state index contributed by atoms with van der Waals surface area (Å²) in [6.07, 6.45) is 2.71. The van der Waals surface area contributed by atoms with Gasteiger partial charge in [0.15, 0.2) is 5.78 Å². The maximum absolute atomic E-state index is 14.8. The summed E-state index contributed by atoms with van der Waals surface area (Å²) in [6, 6.07) is 25.2. The van der Waals surface area contributed by atoms with Crippen molar-refractivity contribution in [3.05, 3.63) is 106 Å². The van der Waals surface area contributed by atoms with Gasteiger partial charge in [-0.15, -0.1) is 0 Å². The molecular formula is C35H40Cl2N4O3. The van der Waals surface area contributed by atoms with E-state index in [0.29, 0.717) is 28.6 Å². The molecule has 3 aliphatic rings. The molecule has 0 saturated carbocycles. The van der Waals surface area contributed by atoms with Crippen molar-refractivity contribution in [1.29, 1.82) is 0 Å². The molecule has 2 unspecified atom stereocenters. The number of morpholine rings is 1. The number of hydrogen-bond acceptors (Lipinski definition) is 6. The van der Waals surface area contributed by atoms with Crippen LogP contribution in [0.4, 0.5) is 0 Å². The summed E-state index contributed by atoms with van der Waals surface area (Å²) in [6.45, 7) is 6.92. The zero-order valence-corrected chi connectivity index (χ0v) is 26.5. The predicted octanol–water partition coefficient (Wildman–Crippen LogP) is 5.66. The molecule has 3 aromatic carbocycles. The lowest BCUT2D eigenvalue weighted by molar-refractivity contribution is -0.138. The summed E-state index contributed by atoms with van der Waals surface area (Å²) in [4.78, 5) is 34.2. The molecule has 0 spiro atoms. The minimum atomic E-state index is -1.32. The van der Waals surface area contributed by atoms with Crippen molar-refractivity contribution >= 4 is 34.9 Å². The van der Waals surface area contributed by atoms with Crippen LogP contribution in [0.5, 0.6) is 0 Å². The molecule has 3 fully saturated rings. The van der Waals surface area contributed by atoms with E-state index >= 15 is 0 Å². The second-order valence-electron chi connectivity index (χ2n) is 12.1. The highest BCUT2D eigenvalue weighted by molar-refractivity contribution is 6.42. The standard InChI is InChI=1S/C35H40Cl2N4O3/c36-30-14-13-29(25-31(30)37)35(28-11-5-2-6-12-28)26-34(32(42)27-9-3-1-4-10-27,33(43)38-41-16-7-8-17-41)15-18-40(35)20-19-39-21-23-44-24-22-39/h1-6,9-14,25H,7-8,15-24,26H2,(H,38,43). The van der Waals surface area contributed by atoms with E-state index in [1.807, 2.05) is 71.7 Å². The van der Waals surface area contributed by atoms with Crippen molar-refractivity contribution < 1.29 is 14.3 Å². The third-order valence-corrected chi connectivity index (χ3v) is 10.4. The fourth-order valence-electron chi connectivity index (χ4n) is 7.18. The van der Waals surface area contributed by atoms with Gasteiger partial charge in [0.05, 0.1) is 28.8 Å². The Balaban J connectivity index is 1.50. The molecule has 3 saturated heterocycles. The third-order valence-electron chi connectivity index (χ3n) is 9.62. The summed E-state index contributed by atoms with van der Waals surface area (Å²) in [5, 5.41) is 2.88. The minimum absolute atomic E-state index is 0.150. The van der Waals surface area contributed by atoms with Gasteiger partial charge in [0.25, 0.3) is 0 Å². The van der Waals surface area contributed by atoms with Crippen LogP contribution in [0.25, 0.3) is 0 Å². The molecule has 0 bridgehead atoms. The van der Waals surface area contributed by atoms with Crippen LogP contribution in [-0.4, -0.2) is 85.5 Å².